The third-order valence-corrected chi connectivity index (χ3v) is 5.60. The number of rotatable bonds is 6. The first-order valence-electron chi connectivity index (χ1n) is 9.13. The summed E-state index contributed by atoms with van der Waals surface area (Å²) in [5.41, 5.74) is 1.05. The maximum absolute atomic E-state index is 11.8. The number of benzene rings is 1. The van der Waals surface area contributed by atoms with Gasteiger partial charge >= 0.3 is 0 Å². The first-order chi connectivity index (χ1) is 13.4. The molecule has 3 rings (SSSR count). The van der Waals surface area contributed by atoms with E-state index >= 15 is 0 Å². The highest BCUT2D eigenvalue weighted by molar-refractivity contribution is 7.99. The Morgan fingerprint density at radius 2 is 1.82 bits per heavy atom. The maximum atomic E-state index is 11.8. The summed E-state index contributed by atoms with van der Waals surface area (Å²) in [6.07, 6.45) is 0. The fraction of sp³-hybridized carbons (Fsp3) is 0.421. The molecule has 0 saturated carbocycles. The Morgan fingerprint density at radius 1 is 1.14 bits per heavy atom. The number of anilines is 2. The molecule has 0 unspecified atom stereocenters. The molecule has 6 nitrogen and oxygen atoms in total. The van der Waals surface area contributed by atoms with Gasteiger partial charge in [-0.2, -0.15) is 0 Å². The number of amides is 1. The SMILES string of the molecule is CC(C)NC(=O)CSc1nc(Cl)cc(N2CCN(c3ccccc3Cl)CC2)n1. The van der Waals surface area contributed by atoms with Gasteiger partial charge in [0.05, 0.1) is 16.5 Å². The van der Waals surface area contributed by atoms with Gasteiger partial charge in [0.1, 0.15) is 11.0 Å². The van der Waals surface area contributed by atoms with Crippen molar-refractivity contribution < 1.29 is 4.79 Å². The van der Waals surface area contributed by atoms with Crippen molar-refractivity contribution in [1.29, 1.82) is 0 Å². The molecular weight excluding hydrogens is 417 g/mol. The van der Waals surface area contributed by atoms with Crippen LogP contribution in [0.3, 0.4) is 0 Å². The molecule has 1 aromatic heterocycles. The minimum atomic E-state index is -0.0431. The summed E-state index contributed by atoms with van der Waals surface area (Å²) in [5, 5.41) is 4.51. The fourth-order valence-electron chi connectivity index (χ4n) is 2.99. The number of carbonyl (C=O) groups excluding carboxylic acids is 1. The second-order valence-electron chi connectivity index (χ2n) is 6.77. The van der Waals surface area contributed by atoms with Crippen LogP contribution in [0.1, 0.15) is 13.8 Å². The molecular formula is C19H23Cl2N5OS. The third-order valence-electron chi connectivity index (χ3n) is 4.24. The molecule has 0 spiro atoms. The molecule has 1 saturated heterocycles. The van der Waals surface area contributed by atoms with E-state index in [9.17, 15) is 4.79 Å². The van der Waals surface area contributed by atoms with E-state index in [1.807, 2.05) is 38.1 Å². The molecule has 0 atom stereocenters. The van der Waals surface area contributed by atoms with Gasteiger partial charge in [-0.25, -0.2) is 9.97 Å². The molecule has 1 N–H and O–H groups in total. The first kappa shape index (κ1) is 21.0. The summed E-state index contributed by atoms with van der Waals surface area (Å²) < 4.78 is 0. The molecule has 0 aliphatic carbocycles. The Hall–Kier alpha value is -1.70. The van der Waals surface area contributed by atoms with E-state index in [2.05, 4.69) is 25.1 Å². The van der Waals surface area contributed by atoms with Crippen LogP contribution in [-0.2, 0) is 4.79 Å². The van der Waals surface area contributed by atoms with E-state index in [0.29, 0.717) is 10.3 Å². The highest BCUT2D eigenvalue weighted by atomic mass is 35.5. The number of carbonyl (C=O) groups is 1. The van der Waals surface area contributed by atoms with Crippen LogP contribution < -0.4 is 15.1 Å². The van der Waals surface area contributed by atoms with Gasteiger partial charge in [-0.05, 0) is 26.0 Å². The number of nitrogens with zero attached hydrogens (tertiary/aromatic N) is 4. The molecule has 1 aromatic carbocycles. The van der Waals surface area contributed by atoms with Gasteiger partial charge in [0.15, 0.2) is 5.16 Å². The van der Waals surface area contributed by atoms with Crippen LogP contribution >= 0.6 is 35.0 Å². The van der Waals surface area contributed by atoms with Crippen molar-refractivity contribution in [2.24, 2.45) is 0 Å². The van der Waals surface area contributed by atoms with Gasteiger partial charge < -0.3 is 15.1 Å². The number of hydrogen-bond donors (Lipinski definition) is 1. The lowest BCUT2D eigenvalue weighted by atomic mass is 10.2. The third kappa shape index (κ3) is 5.65. The zero-order valence-electron chi connectivity index (χ0n) is 15.9. The van der Waals surface area contributed by atoms with E-state index in [-0.39, 0.29) is 17.7 Å². The van der Waals surface area contributed by atoms with Crippen LogP contribution in [0.15, 0.2) is 35.5 Å². The molecule has 0 radical (unpaired) electrons. The van der Waals surface area contributed by atoms with Crippen LogP contribution in [0.25, 0.3) is 0 Å². The number of hydrogen-bond acceptors (Lipinski definition) is 6. The quantitative estimate of drug-likeness (QED) is 0.420. The number of nitrogens with one attached hydrogen (secondary N) is 1. The summed E-state index contributed by atoms with van der Waals surface area (Å²) in [4.78, 5) is 25.1. The van der Waals surface area contributed by atoms with Crippen LogP contribution in [0.2, 0.25) is 10.2 Å². The summed E-state index contributed by atoms with van der Waals surface area (Å²) in [6, 6.07) is 9.76. The second kappa shape index (κ2) is 9.67. The number of thioether (sulfide) groups is 1. The predicted octanol–water partition coefficient (Wildman–Crippen LogP) is 3.73. The van der Waals surface area contributed by atoms with Crippen molar-refractivity contribution in [1.82, 2.24) is 15.3 Å². The van der Waals surface area contributed by atoms with Crippen LogP contribution in [0, 0.1) is 0 Å². The van der Waals surface area contributed by atoms with Gasteiger partial charge in [0, 0.05) is 38.3 Å². The monoisotopic (exact) mass is 439 g/mol. The molecule has 2 aromatic rings. The van der Waals surface area contributed by atoms with Gasteiger partial charge in [0.25, 0.3) is 0 Å². The van der Waals surface area contributed by atoms with E-state index in [1.54, 1.807) is 6.07 Å². The number of aromatic nitrogens is 2. The lowest BCUT2D eigenvalue weighted by molar-refractivity contribution is -0.119. The highest BCUT2D eigenvalue weighted by Gasteiger charge is 2.21. The second-order valence-corrected chi connectivity index (χ2v) is 8.50. The largest absolute Gasteiger partial charge is 0.367 e. The van der Waals surface area contributed by atoms with Crippen molar-refractivity contribution in [3.05, 3.63) is 40.5 Å². The topological polar surface area (TPSA) is 61.4 Å². The lowest BCUT2D eigenvalue weighted by Gasteiger charge is -2.37. The van der Waals surface area contributed by atoms with Gasteiger partial charge in [-0.15, -0.1) is 0 Å². The Balaban J connectivity index is 1.62. The summed E-state index contributed by atoms with van der Waals surface area (Å²) in [6.45, 7) is 7.14. The highest BCUT2D eigenvalue weighted by Crippen LogP contribution is 2.28. The maximum Gasteiger partial charge on any atom is 0.230 e. The number of piperazine rings is 1. The zero-order valence-corrected chi connectivity index (χ0v) is 18.2. The Kier molecular flexibility index (Phi) is 7.26. The molecule has 1 aliphatic rings. The van der Waals surface area contributed by atoms with E-state index in [0.717, 1.165) is 42.7 Å². The summed E-state index contributed by atoms with van der Waals surface area (Å²) >= 11 is 13.8. The van der Waals surface area contributed by atoms with Crippen LogP contribution in [0.5, 0.6) is 0 Å². The summed E-state index contributed by atoms with van der Waals surface area (Å²) in [7, 11) is 0. The predicted molar refractivity (Wildman–Crippen MR) is 117 cm³/mol. The van der Waals surface area contributed by atoms with Gasteiger partial charge in [-0.1, -0.05) is 47.1 Å². The molecule has 1 fully saturated rings. The van der Waals surface area contributed by atoms with E-state index in [4.69, 9.17) is 23.2 Å². The van der Waals surface area contributed by atoms with Gasteiger partial charge in [-0.3, -0.25) is 4.79 Å². The molecule has 28 heavy (non-hydrogen) atoms. The minimum Gasteiger partial charge on any atom is -0.367 e. The van der Waals surface area contributed by atoms with Crippen LogP contribution in [-0.4, -0.2) is 53.8 Å². The van der Waals surface area contributed by atoms with Crippen molar-refractivity contribution in [3.8, 4) is 0 Å². The standard InChI is InChI=1S/C19H23Cl2N5OS/c1-13(2)22-18(27)12-28-19-23-16(21)11-17(24-19)26-9-7-25(8-10-26)15-6-4-3-5-14(15)20/h3-6,11,13H,7-10,12H2,1-2H3,(H,22,27). The fourth-order valence-corrected chi connectivity index (χ4v) is 4.14. The van der Waals surface area contributed by atoms with Crippen LogP contribution in [0.4, 0.5) is 11.5 Å². The normalized spacial score (nSPS) is 14.5. The minimum absolute atomic E-state index is 0.0431. The lowest BCUT2D eigenvalue weighted by Crippen LogP contribution is -2.47. The summed E-state index contributed by atoms with van der Waals surface area (Å²) in [5.74, 6) is 1.00. The average Bonchev–Trinajstić information content (AvgIpc) is 2.66. The number of para-hydroxylation sites is 1. The number of halogens is 2. The molecule has 0 bridgehead atoms. The van der Waals surface area contributed by atoms with Gasteiger partial charge in [0.2, 0.25) is 5.91 Å². The Labute approximate surface area is 179 Å². The van der Waals surface area contributed by atoms with Crippen molar-refractivity contribution >= 4 is 52.4 Å². The van der Waals surface area contributed by atoms with Crippen molar-refractivity contribution in [3.63, 3.8) is 0 Å². The zero-order chi connectivity index (χ0) is 20.1. The Morgan fingerprint density at radius 3 is 2.50 bits per heavy atom. The molecule has 150 valence electrons. The smallest absolute Gasteiger partial charge is 0.230 e. The molecule has 1 amide bonds. The Bertz CT molecular complexity index is 828. The first-order valence-corrected chi connectivity index (χ1v) is 10.9. The van der Waals surface area contributed by atoms with Crippen molar-refractivity contribution in [2.45, 2.75) is 25.0 Å². The molecule has 1 aliphatic heterocycles. The molecule has 9 heteroatoms. The van der Waals surface area contributed by atoms with E-state index < -0.39 is 0 Å². The van der Waals surface area contributed by atoms with Crippen molar-refractivity contribution in [2.75, 3.05) is 41.7 Å². The average molecular weight is 440 g/mol. The van der Waals surface area contributed by atoms with E-state index in [1.165, 1.54) is 11.8 Å². The molecule has 2 heterocycles.